The molecule has 0 bridgehead atoms. The number of rotatable bonds is 5. The second-order valence-corrected chi connectivity index (χ2v) is 7.37. The number of nitrogens with zero attached hydrogens (tertiary/aromatic N) is 4. The summed E-state index contributed by atoms with van der Waals surface area (Å²) in [5, 5.41) is 11.5. The third-order valence-electron chi connectivity index (χ3n) is 5.09. The van der Waals surface area contributed by atoms with Gasteiger partial charge in [-0.2, -0.15) is 14.9 Å². The molecule has 28 heavy (non-hydrogen) atoms. The van der Waals surface area contributed by atoms with Crippen LogP contribution < -0.4 is 0 Å². The summed E-state index contributed by atoms with van der Waals surface area (Å²) in [6.45, 7) is 5.88. The van der Waals surface area contributed by atoms with Gasteiger partial charge in [0.1, 0.15) is 5.82 Å². The molecule has 0 unspecified atom stereocenters. The lowest BCUT2D eigenvalue weighted by atomic mass is 10.2. The van der Waals surface area contributed by atoms with E-state index < -0.39 is 0 Å². The third kappa shape index (κ3) is 3.70. The molecule has 4 rings (SSSR count). The molecule has 1 saturated heterocycles. The fraction of sp³-hybridized carbons (Fsp3) is 0.350. The highest BCUT2D eigenvalue weighted by Gasteiger charge is 2.18. The molecule has 0 aliphatic carbocycles. The van der Waals surface area contributed by atoms with Crippen LogP contribution in [0.2, 0.25) is 0 Å². The lowest BCUT2D eigenvalue weighted by Gasteiger charge is -2.14. The SMILES string of the molecule is Cc1cc(/C=N\n2c(-c3ccc(F)cc3)n[nH]c2=S)c(C)n1C[C@@H]1CCCO1. The summed E-state index contributed by atoms with van der Waals surface area (Å²) in [7, 11) is 0. The van der Waals surface area contributed by atoms with Gasteiger partial charge in [0.2, 0.25) is 4.77 Å². The monoisotopic (exact) mass is 399 g/mol. The van der Waals surface area contributed by atoms with Gasteiger partial charge in [-0.25, -0.2) is 9.49 Å². The maximum Gasteiger partial charge on any atom is 0.216 e. The second-order valence-electron chi connectivity index (χ2n) is 6.99. The number of aromatic amines is 1. The third-order valence-corrected chi connectivity index (χ3v) is 5.35. The molecule has 6 nitrogen and oxygen atoms in total. The van der Waals surface area contributed by atoms with E-state index in [0.29, 0.717) is 10.6 Å². The predicted molar refractivity (Wildman–Crippen MR) is 109 cm³/mol. The van der Waals surface area contributed by atoms with Crippen molar-refractivity contribution in [2.24, 2.45) is 5.10 Å². The van der Waals surface area contributed by atoms with Gasteiger partial charge in [-0.05, 0) is 69.2 Å². The van der Waals surface area contributed by atoms with Crippen LogP contribution in [0.1, 0.15) is 29.8 Å². The van der Waals surface area contributed by atoms with Crippen molar-refractivity contribution >= 4 is 18.4 Å². The fourth-order valence-corrected chi connectivity index (χ4v) is 3.72. The Morgan fingerprint density at radius 1 is 1.36 bits per heavy atom. The summed E-state index contributed by atoms with van der Waals surface area (Å²) in [6.07, 6.45) is 4.30. The molecule has 1 aromatic carbocycles. The van der Waals surface area contributed by atoms with E-state index in [4.69, 9.17) is 17.0 Å². The maximum absolute atomic E-state index is 13.2. The highest BCUT2D eigenvalue weighted by atomic mass is 32.1. The van der Waals surface area contributed by atoms with Crippen molar-refractivity contribution in [1.82, 2.24) is 19.4 Å². The van der Waals surface area contributed by atoms with Crippen LogP contribution in [-0.4, -0.2) is 38.4 Å². The van der Waals surface area contributed by atoms with Gasteiger partial charge in [-0.1, -0.05) is 0 Å². The maximum atomic E-state index is 13.2. The van der Waals surface area contributed by atoms with Crippen LogP contribution in [0.25, 0.3) is 11.4 Å². The normalized spacial score (nSPS) is 17.0. The largest absolute Gasteiger partial charge is 0.376 e. The van der Waals surface area contributed by atoms with Crippen LogP contribution in [0.4, 0.5) is 4.39 Å². The Morgan fingerprint density at radius 2 is 2.14 bits per heavy atom. The van der Waals surface area contributed by atoms with Crippen LogP contribution >= 0.6 is 12.2 Å². The minimum atomic E-state index is -0.299. The van der Waals surface area contributed by atoms with Gasteiger partial charge < -0.3 is 9.30 Å². The van der Waals surface area contributed by atoms with Gasteiger partial charge >= 0.3 is 0 Å². The average Bonchev–Trinajstić information content (AvgIpc) is 3.38. The van der Waals surface area contributed by atoms with Gasteiger partial charge in [0.25, 0.3) is 0 Å². The van der Waals surface area contributed by atoms with E-state index in [1.54, 1.807) is 23.0 Å². The number of halogens is 1. The molecule has 1 N–H and O–H groups in total. The van der Waals surface area contributed by atoms with E-state index in [9.17, 15) is 4.39 Å². The van der Waals surface area contributed by atoms with Crippen molar-refractivity contribution in [1.29, 1.82) is 0 Å². The van der Waals surface area contributed by atoms with E-state index in [0.717, 1.165) is 42.8 Å². The Labute approximate surface area is 167 Å². The zero-order valence-corrected chi connectivity index (χ0v) is 16.7. The van der Waals surface area contributed by atoms with Crippen molar-refractivity contribution in [3.63, 3.8) is 0 Å². The number of aryl methyl sites for hydroxylation is 1. The average molecular weight is 399 g/mol. The van der Waals surface area contributed by atoms with Gasteiger partial charge in [-0.3, -0.25) is 0 Å². The summed E-state index contributed by atoms with van der Waals surface area (Å²) in [4.78, 5) is 0. The number of hydrogen-bond donors (Lipinski definition) is 1. The Balaban J connectivity index is 1.62. The number of hydrogen-bond acceptors (Lipinski definition) is 4. The smallest absolute Gasteiger partial charge is 0.216 e. The first-order chi connectivity index (χ1) is 13.5. The summed E-state index contributed by atoms with van der Waals surface area (Å²) >= 11 is 5.31. The van der Waals surface area contributed by atoms with Crippen molar-refractivity contribution in [3.8, 4) is 11.4 Å². The zero-order valence-electron chi connectivity index (χ0n) is 15.9. The number of aromatic nitrogens is 4. The Hall–Kier alpha value is -2.58. The Bertz CT molecular complexity index is 1060. The quantitative estimate of drug-likeness (QED) is 0.516. The highest BCUT2D eigenvalue weighted by Crippen LogP contribution is 2.21. The molecule has 146 valence electrons. The Kier molecular flexibility index (Phi) is 5.23. The van der Waals surface area contributed by atoms with Gasteiger partial charge in [-0.15, -0.1) is 0 Å². The molecular weight excluding hydrogens is 377 g/mol. The number of nitrogens with one attached hydrogen (secondary N) is 1. The van der Waals surface area contributed by atoms with E-state index >= 15 is 0 Å². The summed E-state index contributed by atoms with van der Waals surface area (Å²) in [5.74, 6) is 0.237. The minimum Gasteiger partial charge on any atom is -0.376 e. The summed E-state index contributed by atoms with van der Waals surface area (Å²) in [6, 6.07) is 8.19. The lowest BCUT2D eigenvalue weighted by molar-refractivity contribution is 0.0962. The molecule has 1 atom stereocenters. The Morgan fingerprint density at radius 3 is 2.86 bits per heavy atom. The van der Waals surface area contributed by atoms with Gasteiger partial charge in [0.05, 0.1) is 12.3 Å². The van der Waals surface area contributed by atoms with E-state index in [-0.39, 0.29) is 11.9 Å². The molecule has 2 aromatic heterocycles. The van der Waals surface area contributed by atoms with E-state index in [2.05, 4.69) is 39.8 Å². The number of H-pyrrole nitrogens is 1. The molecule has 8 heteroatoms. The first kappa shape index (κ1) is 18.8. The van der Waals surface area contributed by atoms with Crippen LogP contribution in [0, 0.1) is 24.4 Å². The van der Waals surface area contributed by atoms with Crippen molar-refractivity contribution in [3.05, 3.63) is 57.9 Å². The first-order valence-electron chi connectivity index (χ1n) is 9.29. The molecule has 3 heterocycles. The van der Waals surface area contributed by atoms with E-state index in [1.807, 2.05) is 0 Å². The molecule has 1 aliphatic heterocycles. The summed E-state index contributed by atoms with van der Waals surface area (Å²) in [5.41, 5.74) is 4.05. The molecule has 1 fully saturated rings. The second kappa shape index (κ2) is 7.81. The van der Waals surface area contributed by atoms with Crippen LogP contribution in [0.5, 0.6) is 0 Å². The topological polar surface area (TPSA) is 60.1 Å². The number of ether oxygens (including phenoxy) is 1. The van der Waals surface area contributed by atoms with Crippen molar-refractivity contribution < 1.29 is 9.13 Å². The van der Waals surface area contributed by atoms with E-state index in [1.165, 1.54) is 17.8 Å². The standard InChI is InChI=1S/C20H22FN5OS/c1-13-10-16(14(2)25(13)12-18-4-3-9-27-18)11-22-26-19(23-24-20(26)28)15-5-7-17(21)8-6-15/h5-8,10-11,18H,3-4,9,12H2,1-2H3,(H,24,28)/b22-11-/t18-/m0/s1. The highest BCUT2D eigenvalue weighted by molar-refractivity contribution is 7.71. The van der Waals surface area contributed by atoms with Crippen molar-refractivity contribution in [2.45, 2.75) is 39.3 Å². The first-order valence-corrected chi connectivity index (χ1v) is 9.70. The number of benzene rings is 1. The van der Waals surface area contributed by atoms with Gasteiger partial charge in [0, 0.05) is 35.7 Å². The van der Waals surface area contributed by atoms with Crippen LogP contribution in [-0.2, 0) is 11.3 Å². The summed E-state index contributed by atoms with van der Waals surface area (Å²) < 4.78 is 23.2. The molecule has 0 radical (unpaired) electrons. The lowest BCUT2D eigenvalue weighted by Crippen LogP contribution is -2.16. The van der Waals surface area contributed by atoms with Crippen molar-refractivity contribution in [2.75, 3.05) is 6.61 Å². The van der Waals surface area contributed by atoms with Crippen LogP contribution in [0.3, 0.4) is 0 Å². The molecule has 0 saturated carbocycles. The molecule has 3 aromatic rings. The molecular formula is C20H22FN5OS. The zero-order chi connectivity index (χ0) is 19.7. The molecule has 1 aliphatic rings. The fourth-order valence-electron chi connectivity index (χ4n) is 3.54. The predicted octanol–water partition coefficient (Wildman–Crippen LogP) is 4.23. The minimum absolute atomic E-state index is 0.280. The molecule has 0 amide bonds. The van der Waals surface area contributed by atoms with Gasteiger partial charge in [0.15, 0.2) is 5.82 Å². The van der Waals surface area contributed by atoms with Crippen LogP contribution in [0.15, 0.2) is 35.4 Å². The molecule has 0 spiro atoms.